The van der Waals surface area contributed by atoms with E-state index >= 15 is 0 Å². The van der Waals surface area contributed by atoms with Crippen LogP contribution >= 0.6 is 11.8 Å². The predicted molar refractivity (Wildman–Crippen MR) is 60.5 cm³/mol. The lowest BCUT2D eigenvalue weighted by molar-refractivity contribution is -0.123. The lowest BCUT2D eigenvalue weighted by atomic mass is 9.95. The van der Waals surface area contributed by atoms with E-state index in [-0.39, 0.29) is 5.91 Å². The fourth-order valence-corrected chi connectivity index (χ4v) is 3.00. The van der Waals surface area contributed by atoms with Crippen LogP contribution in [0.5, 0.6) is 0 Å². The lowest BCUT2D eigenvalue weighted by Gasteiger charge is -2.25. The second kappa shape index (κ2) is 5.25. The Bertz CT molecular complexity index is 291. The molecule has 2 unspecified atom stereocenters. The number of azide groups is 1. The van der Waals surface area contributed by atoms with Gasteiger partial charge in [0.1, 0.15) is 5.54 Å². The van der Waals surface area contributed by atoms with Crippen LogP contribution in [-0.4, -0.2) is 35.5 Å². The minimum atomic E-state index is -0.616. The topological polar surface area (TPSA) is 104 Å². The quantitative estimate of drug-likeness (QED) is 0.313. The molecule has 1 heterocycles. The van der Waals surface area contributed by atoms with Crippen molar-refractivity contribution in [2.24, 2.45) is 10.8 Å². The zero-order valence-electron chi connectivity index (χ0n) is 8.64. The van der Waals surface area contributed by atoms with Crippen LogP contribution in [0.25, 0.3) is 10.4 Å². The van der Waals surface area contributed by atoms with Crippen LogP contribution in [0.1, 0.15) is 13.3 Å². The number of hydrogen-bond donors (Lipinski definition) is 2. The van der Waals surface area contributed by atoms with Crippen LogP contribution in [0.4, 0.5) is 0 Å². The molecule has 0 aliphatic carbocycles. The molecule has 15 heavy (non-hydrogen) atoms. The van der Waals surface area contributed by atoms with Crippen LogP contribution in [0.15, 0.2) is 5.11 Å². The fraction of sp³-hybridized carbons (Fsp3) is 0.875. The number of carbonyl (C=O) groups excluding carboxylic acids is 1. The molecule has 0 radical (unpaired) electrons. The van der Waals surface area contributed by atoms with Gasteiger partial charge in [0.05, 0.1) is 0 Å². The Morgan fingerprint density at radius 3 is 3.07 bits per heavy atom. The maximum Gasteiger partial charge on any atom is 0.238 e. The molecule has 6 nitrogen and oxygen atoms in total. The first-order valence-electron chi connectivity index (χ1n) is 4.78. The molecule has 1 fully saturated rings. The summed E-state index contributed by atoms with van der Waals surface area (Å²) in [4.78, 5) is 14.0. The summed E-state index contributed by atoms with van der Waals surface area (Å²) in [6.45, 7) is 2.90. The number of rotatable bonds is 5. The molecule has 0 aromatic rings. The van der Waals surface area contributed by atoms with Crippen LogP contribution in [0.3, 0.4) is 0 Å². The smallest absolute Gasteiger partial charge is 0.238 e. The molecule has 0 spiro atoms. The summed E-state index contributed by atoms with van der Waals surface area (Å²) in [5, 5.41) is 6.94. The third kappa shape index (κ3) is 3.02. The van der Waals surface area contributed by atoms with Crippen molar-refractivity contribution in [3.8, 4) is 0 Å². The lowest BCUT2D eigenvalue weighted by Crippen LogP contribution is -2.56. The Hall–Kier alpha value is -0.910. The molecule has 0 bridgehead atoms. The maximum atomic E-state index is 11.4. The van der Waals surface area contributed by atoms with E-state index in [1.165, 1.54) is 0 Å². The highest BCUT2D eigenvalue weighted by Gasteiger charge is 2.42. The summed E-state index contributed by atoms with van der Waals surface area (Å²) in [5.41, 5.74) is 12.9. The number of primary amides is 1. The number of nitrogens with one attached hydrogen (secondary N) is 1. The molecule has 1 rings (SSSR count). The summed E-state index contributed by atoms with van der Waals surface area (Å²) < 4.78 is 0. The second-order valence-electron chi connectivity index (χ2n) is 3.65. The Balaban J connectivity index is 2.51. The van der Waals surface area contributed by atoms with E-state index in [0.717, 1.165) is 6.42 Å². The largest absolute Gasteiger partial charge is 0.368 e. The van der Waals surface area contributed by atoms with Crippen molar-refractivity contribution in [1.82, 2.24) is 5.32 Å². The third-order valence-corrected chi connectivity index (χ3v) is 3.86. The number of hydrogen-bond acceptors (Lipinski definition) is 4. The SMILES string of the molecule is CC1CC(NCCN=[N+]=[N-])(C(N)=O)CS1. The van der Waals surface area contributed by atoms with Crippen molar-refractivity contribution >= 4 is 17.7 Å². The van der Waals surface area contributed by atoms with Crippen LogP contribution in [0.2, 0.25) is 0 Å². The van der Waals surface area contributed by atoms with Crippen LogP contribution in [0, 0.1) is 0 Å². The highest BCUT2D eigenvalue weighted by molar-refractivity contribution is 8.00. The summed E-state index contributed by atoms with van der Waals surface area (Å²) in [6.07, 6.45) is 0.739. The molecule has 1 aliphatic rings. The van der Waals surface area contributed by atoms with E-state index in [1.54, 1.807) is 11.8 Å². The Morgan fingerprint density at radius 2 is 2.60 bits per heavy atom. The minimum absolute atomic E-state index is 0.319. The van der Waals surface area contributed by atoms with Gasteiger partial charge < -0.3 is 11.1 Å². The van der Waals surface area contributed by atoms with Gasteiger partial charge in [-0.25, -0.2) is 0 Å². The van der Waals surface area contributed by atoms with E-state index in [0.29, 0.717) is 24.1 Å². The van der Waals surface area contributed by atoms with Gasteiger partial charge >= 0.3 is 0 Å². The van der Waals surface area contributed by atoms with Gasteiger partial charge in [0, 0.05) is 29.0 Å². The number of carbonyl (C=O) groups is 1. The molecule has 1 saturated heterocycles. The van der Waals surface area contributed by atoms with Gasteiger partial charge in [0.2, 0.25) is 5.91 Å². The van der Waals surface area contributed by atoms with Gasteiger partial charge in [-0.3, -0.25) is 4.79 Å². The van der Waals surface area contributed by atoms with Crippen molar-refractivity contribution < 1.29 is 4.79 Å². The maximum absolute atomic E-state index is 11.4. The first-order chi connectivity index (χ1) is 7.10. The standard InChI is InChI=1S/C8H15N5OS/c1-6-4-8(5-15-6,7(9)14)11-2-3-12-13-10/h6,11H,2-5H2,1H3,(H2,9,14). The van der Waals surface area contributed by atoms with Crippen molar-refractivity contribution in [2.75, 3.05) is 18.8 Å². The van der Waals surface area contributed by atoms with Crippen molar-refractivity contribution in [3.63, 3.8) is 0 Å². The number of nitrogens with two attached hydrogens (primary N) is 1. The van der Waals surface area contributed by atoms with E-state index in [2.05, 4.69) is 22.3 Å². The Morgan fingerprint density at radius 1 is 1.87 bits per heavy atom. The van der Waals surface area contributed by atoms with Gasteiger partial charge in [-0.15, -0.1) is 0 Å². The molecule has 1 amide bonds. The highest BCUT2D eigenvalue weighted by Crippen LogP contribution is 2.33. The van der Waals surface area contributed by atoms with E-state index < -0.39 is 5.54 Å². The second-order valence-corrected chi connectivity index (χ2v) is 5.08. The monoisotopic (exact) mass is 229 g/mol. The first-order valence-corrected chi connectivity index (χ1v) is 5.83. The average Bonchev–Trinajstić information content (AvgIpc) is 2.56. The molecular formula is C8H15N5OS. The minimum Gasteiger partial charge on any atom is -0.368 e. The summed E-state index contributed by atoms with van der Waals surface area (Å²) in [6, 6.07) is 0. The molecule has 7 heteroatoms. The van der Waals surface area contributed by atoms with Crippen LogP contribution in [-0.2, 0) is 4.79 Å². The van der Waals surface area contributed by atoms with Gasteiger partial charge in [-0.05, 0) is 12.0 Å². The molecule has 3 N–H and O–H groups in total. The van der Waals surface area contributed by atoms with Gasteiger partial charge in [-0.2, -0.15) is 11.8 Å². The summed E-state index contributed by atoms with van der Waals surface area (Å²) in [7, 11) is 0. The fourth-order valence-electron chi connectivity index (χ4n) is 1.67. The van der Waals surface area contributed by atoms with E-state index in [4.69, 9.17) is 11.3 Å². The Kier molecular flexibility index (Phi) is 4.26. The number of amides is 1. The van der Waals surface area contributed by atoms with Crippen LogP contribution < -0.4 is 11.1 Å². The first kappa shape index (κ1) is 12.2. The zero-order valence-corrected chi connectivity index (χ0v) is 9.46. The van der Waals surface area contributed by atoms with Gasteiger partial charge in [0.15, 0.2) is 0 Å². The molecule has 0 saturated carbocycles. The van der Waals surface area contributed by atoms with E-state index in [1.807, 2.05) is 0 Å². The summed E-state index contributed by atoms with van der Waals surface area (Å²) in [5.74, 6) is 0.375. The zero-order chi connectivity index (χ0) is 11.3. The molecule has 2 atom stereocenters. The summed E-state index contributed by atoms with van der Waals surface area (Å²) >= 11 is 1.73. The normalized spacial score (nSPS) is 29.8. The molecule has 84 valence electrons. The average molecular weight is 229 g/mol. The van der Waals surface area contributed by atoms with Gasteiger partial charge in [0.25, 0.3) is 0 Å². The number of nitrogens with zero attached hydrogens (tertiary/aromatic N) is 3. The Labute approximate surface area is 92.6 Å². The van der Waals surface area contributed by atoms with Crippen molar-refractivity contribution in [1.29, 1.82) is 0 Å². The van der Waals surface area contributed by atoms with Crippen molar-refractivity contribution in [3.05, 3.63) is 10.4 Å². The molecule has 1 aliphatic heterocycles. The van der Waals surface area contributed by atoms with Crippen molar-refractivity contribution in [2.45, 2.75) is 24.1 Å². The third-order valence-electron chi connectivity index (χ3n) is 2.46. The van der Waals surface area contributed by atoms with Gasteiger partial charge in [-0.1, -0.05) is 12.0 Å². The molecule has 0 aromatic carbocycles. The molecular weight excluding hydrogens is 214 g/mol. The van der Waals surface area contributed by atoms with E-state index in [9.17, 15) is 4.79 Å². The highest BCUT2D eigenvalue weighted by atomic mass is 32.2. The number of thioether (sulfide) groups is 1. The molecule has 0 aromatic heterocycles. The predicted octanol–water partition coefficient (Wildman–Crippen LogP) is 0.636.